The van der Waals surface area contributed by atoms with Gasteiger partial charge >= 0.3 is 5.97 Å². The Morgan fingerprint density at radius 1 is 1.36 bits per heavy atom. The molecule has 1 aromatic rings. The van der Waals surface area contributed by atoms with Crippen molar-refractivity contribution in [3.8, 4) is 0 Å². The summed E-state index contributed by atoms with van der Waals surface area (Å²) < 4.78 is 39.0. The van der Waals surface area contributed by atoms with Crippen LogP contribution in [0.1, 0.15) is 12.0 Å². The van der Waals surface area contributed by atoms with Crippen LogP contribution in [0, 0.1) is 5.82 Å². The molecular formula is C9H7F3O2. The minimum atomic E-state index is -3.67. The summed E-state index contributed by atoms with van der Waals surface area (Å²) >= 11 is 0. The first-order valence-electron chi connectivity index (χ1n) is 3.78. The van der Waals surface area contributed by atoms with Gasteiger partial charge in [-0.25, -0.2) is 13.2 Å². The summed E-state index contributed by atoms with van der Waals surface area (Å²) in [6.07, 6.45) is -1.41. The van der Waals surface area contributed by atoms with Gasteiger partial charge in [0.2, 0.25) is 0 Å². The molecule has 1 aromatic carbocycles. The van der Waals surface area contributed by atoms with E-state index in [9.17, 15) is 18.0 Å². The zero-order chi connectivity index (χ0) is 10.8. The van der Waals surface area contributed by atoms with Crippen LogP contribution in [0.25, 0.3) is 0 Å². The van der Waals surface area contributed by atoms with Gasteiger partial charge in [0, 0.05) is 0 Å². The van der Waals surface area contributed by atoms with Crippen LogP contribution in [0.4, 0.5) is 13.2 Å². The molecule has 0 fully saturated rings. The number of benzene rings is 1. The van der Waals surface area contributed by atoms with Crippen molar-refractivity contribution in [2.75, 3.05) is 0 Å². The standard InChI is InChI=1S/C9H7F3O2/c10-7-4-2-1-3-6(7)9(11,12)5-8(13)14/h1-4H,5H2,(H,13,14). The Hall–Kier alpha value is -1.52. The lowest BCUT2D eigenvalue weighted by Gasteiger charge is -2.14. The van der Waals surface area contributed by atoms with E-state index >= 15 is 0 Å². The van der Waals surface area contributed by atoms with E-state index < -0.39 is 29.7 Å². The highest BCUT2D eigenvalue weighted by atomic mass is 19.3. The summed E-state index contributed by atoms with van der Waals surface area (Å²) in [5.41, 5.74) is -0.887. The monoisotopic (exact) mass is 204 g/mol. The van der Waals surface area contributed by atoms with E-state index in [4.69, 9.17) is 5.11 Å². The molecule has 0 heterocycles. The van der Waals surface area contributed by atoms with Crippen molar-refractivity contribution in [1.29, 1.82) is 0 Å². The maximum Gasteiger partial charge on any atom is 0.309 e. The van der Waals surface area contributed by atoms with Crippen molar-refractivity contribution in [3.63, 3.8) is 0 Å². The molecule has 76 valence electrons. The number of carbonyl (C=O) groups is 1. The molecule has 0 spiro atoms. The summed E-state index contributed by atoms with van der Waals surface area (Å²) in [7, 11) is 0. The largest absolute Gasteiger partial charge is 0.481 e. The third kappa shape index (κ3) is 2.25. The molecule has 0 unspecified atom stereocenters. The number of alkyl halides is 2. The van der Waals surface area contributed by atoms with Crippen molar-refractivity contribution >= 4 is 5.97 Å². The van der Waals surface area contributed by atoms with E-state index in [1.807, 2.05) is 0 Å². The van der Waals surface area contributed by atoms with Crippen LogP contribution in [-0.2, 0) is 10.7 Å². The van der Waals surface area contributed by atoms with Crippen LogP contribution in [0.3, 0.4) is 0 Å². The highest BCUT2D eigenvalue weighted by Gasteiger charge is 2.36. The summed E-state index contributed by atoms with van der Waals surface area (Å²) in [6, 6.07) is 4.23. The van der Waals surface area contributed by atoms with Gasteiger partial charge in [0.15, 0.2) is 0 Å². The summed E-state index contributed by atoms with van der Waals surface area (Å²) in [4.78, 5) is 10.1. The SMILES string of the molecule is O=C(O)CC(F)(F)c1ccccc1F. The lowest BCUT2D eigenvalue weighted by atomic mass is 10.1. The molecule has 14 heavy (non-hydrogen) atoms. The van der Waals surface area contributed by atoms with Crippen molar-refractivity contribution < 1.29 is 23.1 Å². The number of carboxylic acids is 1. The molecule has 0 aliphatic rings. The Balaban J connectivity index is 3.03. The van der Waals surface area contributed by atoms with E-state index in [-0.39, 0.29) is 0 Å². The van der Waals surface area contributed by atoms with E-state index in [1.165, 1.54) is 12.1 Å². The van der Waals surface area contributed by atoms with Gasteiger partial charge in [-0.2, -0.15) is 0 Å². The van der Waals surface area contributed by atoms with Gasteiger partial charge in [-0.3, -0.25) is 4.79 Å². The highest BCUT2D eigenvalue weighted by molar-refractivity contribution is 5.68. The van der Waals surface area contributed by atoms with E-state index in [1.54, 1.807) is 0 Å². The predicted molar refractivity (Wildman–Crippen MR) is 42.5 cm³/mol. The minimum Gasteiger partial charge on any atom is -0.481 e. The van der Waals surface area contributed by atoms with Gasteiger partial charge < -0.3 is 5.11 Å². The average Bonchev–Trinajstić information content (AvgIpc) is 2.02. The van der Waals surface area contributed by atoms with Crippen LogP contribution >= 0.6 is 0 Å². The quantitative estimate of drug-likeness (QED) is 0.820. The second-order valence-electron chi connectivity index (χ2n) is 2.75. The van der Waals surface area contributed by atoms with Crippen LogP contribution in [0.15, 0.2) is 24.3 Å². The normalized spacial score (nSPS) is 11.4. The second kappa shape index (κ2) is 3.69. The van der Waals surface area contributed by atoms with Crippen molar-refractivity contribution in [3.05, 3.63) is 35.6 Å². The van der Waals surface area contributed by atoms with Gasteiger partial charge in [-0.05, 0) is 6.07 Å². The van der Waals surface area contributed by atoms with Crippen LogP contribution < -0.4 is 0 Å². The topological polar surface area (TPSA) is 37.3 Å². The summed E-state index contributed by atoms with van der Waals surface area (Å²) in [6.45, 7) is 0. The molecule has 0 amide bonds. The summed E-state index contributed by atoms with van der Waals surface area (Å²) in [5.74, 6) is -6.44. The zero-order valence-electron chi connectivity index (χ0n) is 7.01. The summed E-state index contributed by atoms with van der Waals surface area (Å²) in [5, 5.41) is 8.20. The molecular weight excluding hydrogens is 197 g/mol. The van der Waals surface area contributed by atoms with Gasteiger partial charge in [-0.15, -0.1) is 0 Å². The average molecular weight is 204 g/mol. The lowest BCUT2D eigenvalue weighted by Crippen LogP contribution is -2.19. The molecule has 2 nitrogen and oxygen atoms in total. The fourth-order valence-electron chi connectivity index (χ4n) is 1.04. The minimum absolute atomic E-state index is 0.866. The van der Waals surface area contributed by atoms with Crippen LogP contribution in [0.5, 0.6) is 0 Å². The first kappa shape index (κ1) is 10.6. The number of aliphatic carboxylic acids is 1. The van der Waals surface area contributed by atoms with Gasteiger partial charge in [0.25, 0.3) is 5.92 Å². The molecule has 0 aliphatic heterocycles. The highest BCUT2D eigenvalue weighted by Crippen LogP contribution is 2.32. The number of carboxylic acid groups (broad SMARTS) is 1. The Morgan fingerprint density at radius 3 is 2.43 bits per heavy atom. The predicted octanol–water partition coefficient (Wildman–Crippen LogP) is 2.39. The number of hydrogen-bond donors (Lipinski definition) is 1. The smallest absolute Gasteiger partial charge is 0.309 e. The third-order valence-corrected chi connectivity index (χ3v) is 1.64. The zero-order valence-corrected chi connectivity index (χ0v) is 7.01. The van der Waals surface area contributed by atoms with Gasteiger partial charge in [-0.1, -0.05) is 18.2 Å². The Kier molecular flexibility index (Phi) is 2.78. The molecule has 5 heteroatoms. The molecule has 0 radical (unpaired) electrons. The third-order valence-electron chi connectivity index (χ3n) is 1.64. The number of hydrogen-bond acceptors (Lipinski definition) is 1. The van der Waals surface area contributed by atoms with Crippen molar-refractivity contribution in [1.82, 2.24) is 0 Å². The first-order chi connectivity index (χ1) is 6.43. The Labute approximate surface area is 78.0 Å². The van der Waals surface area contributed by atoms with Gasteiger partial charge in [0.1, 0.15) is 12.2 Å². The molecule has 0 bridgehead atoms. The maximum absolute atomic E-state index is 13.0. The molecule has 0 atom stereocenters. The molecule has 0 saturated carbocycles. The fourth-order valence-corrected chi connectivity index (χ4v) is 1.04. The van der Waals surface area contributed by atoms with Crippen LogP contribution in [-0.4, -0.2) is 11.1 Å². The van der Waals surface area contributed by atoms with Crippen molar-refractivity contribution in [2.24, 2.45) is 0 Å². The van der Waals surface area contributed by atoms with Crippen molar-refractivity contribution in [2.45, 2.75) is 12.3 Å². The first-order valence-corrected chi connectivity index (χ1v) is 3.78. The fraction of sp³-hybridized carbons (Fsp3) is 0.222. The second-order valence-corrected chi connectivity index (χ2v) is 2.75. The van der Waals surface area contributed by atoms with E-state index in [0.717, 1.165) is 12.1 Å². The molecule has 1 rings (SSSR count). The lowest BCUT2D eigenvalue weighted by molar-refractivity contribution is -0.145. The molecule has 1 N–H and O–H groups in total. The molecule has 0 aromatic heterocycles. The Morgan fingerprint density at radius 2 is 1.93 bits per heavy atom. The Bertz CT molecular complexity index is 350. The maximum atomic E-state index is 13.0. The van der Waals surface area contributed by atoms with E-state index in [0.29, 0.717) is 0 Å². The van der Waals surface area contributed by atoms with E-state index in [2.05, 4.69) is 0 Å². The number of halogens is 3. The molecule has 0 saturated heterocycles. The van der Waals surface area contributed by atoms with Gasteiger partial charge in [0.05, 0.1) is 5.56 Å². The van der Waals surface area contributed by atoms with Crippen LogP contribution in [0.2, 0.25) is 0 Å². The molecule has 0 aliphatic carbocycles. The number of rotatable bonds is 3.